The zero-order valence-corrected chi connectivity index (χ0v) is 9.62. The third kappa shape index (κ3) is 3.89. The van der Waals surface area contributed by atoms with Crippen molar-refractivity contribution in [3.63, 3.8) is 0 Å². The van der Waals surface area contributed by atoms with Gasteiger partial charge in [-0.25, -0.2) is 0 Å². The average Bonchev–Trinajstić information content (AvgIpc) is 2.15. The smallest absolute Gasteiger partial charge is 0.306 e. The van der Waals surface area contributed by atoms with Crippen LogP contribution in [-0.4, -0.2) is 21.2 Å². The van der Waals surface area contributed by atoms with E-state index in [4.69, 9.17) is 9.92 Å². The summed E-state index contributed by atoms with van der Waals surface area (Å²) in [6.45, 7) is 2.57. The van der Waals surface area contributed by atoms with Gasteiger partial charge < -0.3 is 9.92 Å². The molecule has 0 aromatic heterocycles. The quantitative estimate of drug-likeness (QED) is 0.784. The molecule has 5 heteroatoms. The van der Waals surface area contributed by atoms with Crippen molar-refractivity contribution in [3.05, 3.63) is 29.8 Å². The number of hydrogen-bond donors (Lipinski definition) is 1. The molecule has 15 heavy (non-hydrogen) atoms. The van der Waals surface area contributed by atoms with Crippen LogP contribution in [-0.2, 0) is 10.1 Å². The summed E-state index contributed by atoms with van der Waals surface area (Å²) in [5.74, 6) is 0.586. The Morgan fingerprint density at radius 1 is 1.33 bits per heavy atom. The largest absolute Gasteiger partial charge is 0.383 e. The van der Waals surface area contributed by atoms with Crippen molar-refractivity contribution in [1.29, 1.82) is 0 Å². The Morgan fingerprint density at radius 3 is 2.27 bits per heavy atom. The van der Waals surface area contributed by atoms with E-state index in [1.165, 1.54) is 0 Å². The van der Waals surface area contributed by atoms with E-state index in [0.717, 1.165) is 11.8 Å². The fraction of sp³-hybridized carbons (Fsp3) is 0.400. The number of rotatable bonds is 4. The minimum atomic E-state index is -3.44. The predicted octanol–water partition coefficient (Wildman–Crippen LogP) is 1.09. The molecule has 2 N–H and O–H groups in total. The van der Waals surface area contributed by atoms with Crippen molar-refractivity contribution in [2.24, 2.45) is 5.73 Å². The summed E-state index contributed by atoms with van der Waals surface area (Å²) < 4.78 is 26.4. The zero-order valence-electron chi connectivity index (χ0n) is 8.80. The molecule has 0 aliphatic rings. The van der Waals surface area contributed by atoms with E-state index < -0.39 is 10.1 Å². The van der Waals surface area contributed by atoms with E-state index in [9.17, 15) is 8.42 Å². The summed E-state index contributed by atoms with van der Waals surface area (Å²) in [7, 11) is -3.44. The van der Waals surface area contributed by atoms with Crippen LogP contribution in [0.15, 0.2) is 24.3 Å². The van der Waals surface area contributed by atoms with Crippen LogP contribution in [0.5, 0.6) is 5.75 Å². The van der Waals surface area contributed by atoms with Crippen molar-refractivity contribution < 1.29 is 12.6 Å². The van der Waals surface area contributed by atoms with Crippen LogP contribution < -0.4 is 9.92 Å². The fourth-order valence-electron chi connectivity index (χ4n) is 1.16. The van der Waals surface area contributed by atoms with E-state index in [1.807, 2.05) is 19.1 Å². The second-order valence-electron chi connectivity index (χ2n) is 3.49. The van der Waals surface area contributed by atoms with Crippen LogP contribution in [0.3, 0.4) is 0 Å². The summed E-state index contributed by atoms with van der Waals surface area (Å²) in [4.78, 5) is 0. The standard InChI is InChI=1S/C10H15NO3S/c1-8(7-11)9-3-5-10(6-4-9)14-15(2,12)13/h3-6,8H,7,11H2,1-2H3. The van der Waals surface area contributed by atoms with Gasteiger partial charge in [0.25, 0.3) is 0 Å². The van der Waals surface area contributed by atoms with Gasteiger partial charge in [-0.3, -0.25) is 0 Å². The molecule has 1 aromatic carbocycles. The molecule has 1 unspecified atom stereocenters. The van der Waals surface area contributed by atoms with E-state index in [1.54, 1.807) is 12.1 Å². The van der Waals surface area contributed by atoms with Crippen LogP contribution in [0.1, 0.15) is 18.4 Å². The van der Waals surface area contributed by atoms with Gasteiger partial charge >= 0.3 is 10.1 Å². The minimum Gasteiger partial charge on any atom is -0.383 e. The molecule has 0 bridgehead atoms. The molecule has 0 radical (unpaired) electrons. The molecule has 0 aliphatic heterocycles. The summed E-state index contributed by atoms with van der Waals surface area (Å²) in [6, 6.07) is 6.89. The molecule has 0 heterocycles. The molecule has 1 aromatic rings. The number of benzene rings is 1. The third-order valence-electron chi connectivity index (χ3n) is 2.05. The van der Waals surface area contributed by atoms with Crippen molar-refractivity contribution in [2.75, 3.05) is 12.8 Å². The predicted molar refractivity (Wildman–Crippen MR) is 59.4 cm³/mol. The molecule has 1 atom stereocenters. The minimum absolute atomic E-state index is 0.261. The lowest BCUT2D eigenvalue weighted by Gasteiger charge is -2.09. The fourth-order valence-corrected chi connectivity index (χ4v) is 1.62. The first-order valence-electron chi connectivity index (χ1n) is 4.62. The highest BCUT2D eigenvalue weighted by molar-refractivity contribution is 7.86. The molecule has 0 aliphatic carbocycles. The highest BCUT2D eigenvalue weighted by atomic mass is 32.2. The maximum absolute atomic E-state index is 10.8. The highest BCUT2D eigenvalue weighted by Crippen LogP contribution is 2.19. The van der Waals surface area contributed by atoms with Crippen LogP contribution in [0.25, 0.3) is 0 Å². The molecule has 84 valence electrons. The molecule has 4 nitrogen and oxygen atoms in total. The average molecular weight is 229 g/mol. The first kappa shape index (κ1) is 12.0. The van der Waals surface area contributed by atoms with Gasteiger partial charge in [-0.1, -0.05) is 19.1 Å². The maximum Gasteiger partial charge on any atom is 0.306 e. The van der Waals surface area contributed by atoms with E-state index >= 15 is 0 Å². The first-order chi connectivity index (χ1) is 6.92. The second-order valence-corrected chi connectivity index (χ2v) is 5.07. The lowest BCUT2D eigenvalue weighted by atomic mass is 10.0. The second kappa shape index (κ2) is 4.63. The van der Waals surface area contributed by atoms with Crippen LogP contribution in [0.2, 0.25) is 0 Å². The molecule has 0 saturated carbocycles. The number of hydrogen-bond acceptors (Lipinski definition) is 4. The lowest BCUT2D eigenvalue weighted by Crippen LogP contribution is -2.09. The van der Waals surface area contributed by atoms with Gasteiger partial charge in [0.1, 0.15) is 5.75 Å². The zero-order chi connectivity index (χ0) is 11.5. The third-order valence-corrected chi connectivity index (χ3v) is 2.55. The summed E-state index contributed by atoms with van der Waals surface area (Å²) in [6.07, 6.45) is 1.02. The Hall–Kier alpha value is -1.07. The van der Waals surface area contributed by atoms with E-state index in [2.05, 4.69) is 0 Å². The van der Waals surface area contributed by atoms with Crippen molar-refractivity contribution in [2.45, 2.75) is 12.8 Å². The topological polar surface area (TPSA) is 69.4 Å². The van der Waals surface area contributed by atoms with Gasteiger partial charge in [0, 0.05) is 0 Å². The molecular formula is C10H15NO3S. The van der Waals surface area contributed by atoms with Gasteiger partial charge in [0.2, 0.25) is 0 Å². The molecule has 0 fully saturated rings. The molecule has 0 amide bonds. The molecule has 0 spiro atoms. The number of nitrogens with two attached hydrogens (primary N) is 1. The first-order valence-corrected chi connectivity index (χ1v) is 6.43. The van der Waals surface area contributed by atoms with E-state index in [-0.39, 0.29) is 5.92 Å². The summed E-state index contributed by atoms with van der Waals surface area (Å²) in [5, 5.41) is 0. The van der Waals surface area contributed by atoms with Gasteiger partial charge in [0.05, 0.1) is 6.26 Å². The van der Waals surface area contributed by atoms with Gasteiger partial charge in [-0.2, -0.15) is 8.42 Å². The lowest BCUT2D eigenvalue weighted by molar-refractivity contribution is 0.493. The van der Waals surface area contributed by atoms with Crippen LogP contribution in [0, 0.1) is 0 Å². The van der Waals surface area contributed by atoms with Crippen molar-refractivity contribution in [3.8, 4) is 5.75 Å². The van der Waals surface area contributed by atoms with Gasteiger partial charge in [-0.15, -0.1) is 0 Å². The van der Waals surface area contributed by atoms with Crippen molar-refractivity contribution >= 4 is 10.1 Å². The Bertz CT molecular complexity index is 411. The Balaban J connectivity index is 2.81. The summed E-state index contributed by atoms with van der Waals surface area (Å²) >= 11 is 0. The Morgan fingerprint density at radius 2 is 1.87 bits per heavy atom. The highest BCUT2D eigenvalue weighted by Gasteiger charge is 2.06. The molecular weight excluding hydrogens is 214 g/mol. The SMILES string of the molecule is CC(CN)c1ccc(OS(C)(=O)=O)cc1. The molecule has 1 rings (SSSR count). The van der Waals surface area contributed by atoms with Gasteiger partial charge in [0.15, 0.2) is 0 Å². The van der Waals surface area contributed by atoms with Gasteiger partial charge in [-0.05, 0) is 30.2 Å². The van der Waals surface area contributed by atoms with Crippen LogP contribution in [0.4, 0.5) is 0 Å². The normalized spacial score (nSPS) is 13.5. The van der Waals surface area contributed by atoms with Crippen LogP contribution >= 0.6 is 0 Å². The molecule has 0 saturated heterocycles. The monoisotopic (exact) mass is 229 g/mol. The van der Waals surface area contributed by atoms with E-state index in [0.29, 0.717) is 12.3 Å². The maximum atomic E-state index is 10.8. The Labute approximate surface area is 90.2 Å². The summed E-state index contributed by atoms with van der Waals surface area (Å²) in [5.41, 5.74) is 6.58. The Kier molecular flexibility index (Phi) is 3.71. The van der Waals surface area contributed by atoms with Crippen molar-refractivity contribution in [1.82, 2.24) is 0 Å².